The van der Waals surface area contributed by atoms with E-state index in [1.54, 1.807) is 16.2 Å². The van der Waals surface area contributed by atoms with E-state index in [-0.39, 0.29) is 11.4 Å². The van der Waals surface area contributed by atoms with Gasteiger partial charge in [0.25, 0.3) is 0 Å². The Morgan fingerprint density at radius 1 is 1.47 bits per heavy atom. The highest BCUT2D eigenvalue weighted by atomic mass is 32.1. The summed E-state index contributed by atoms with van der Waals surface area (Å²) in [5.41, 5.74) is 1.28. The van der Waals surface area contributed by atoms with Crippen molar-refractivity contribution in [2.75, 3.05) is 13.6 Å². The molecule has 1 aromatic rings. The van der Waals surface area contributed by atoms with Gasteiger partial charge in [0, 0.05) is 32.1 Å². The summed E-state index contributed by atoms with van der Waals surface area (Å²) in [6.07, 6.45) is 0.553. The van der Waals surface area contributed by atoms with Gasteiger partial charge in [-0.05, 0) is 43.2 Å². The molecule has 0 saturated heterocycles. The second kappa shape index (κ2) is 6.17. The predicted molar refractivity (Wildman–Crippen MR) is 73.2 cm³/mol. The third-order valence-corrected chi connectivity index (χ3v) is 3.15. The van der Waals surface area contributed by atoms with Gasteiger partial charge >= 0.3 is 0 Å². The first-order valence-electron chi connectivity index (χ1n) is 5.88. The quantitative estimate of drug-likeness (QED) is 0.875. The fourth-order valence-corrected chi connectivity index (χ4v) is 2.14. The number of carbonyl (C=O) groups is 1. The fourth-order valence-electron chi connectivity index (χ4n) is 1.48. The largest absolute Gasteiger partial charge is 0.341 e. The summed E-state index contributed by atoms with van der Waals surface area (Å²) in [6.45, 7) is 7.75. The van der Waals surface area contributed by atoms with E-state index in [1.165, 1.54) is 5.56 Å². The van der Waals surface area contributed by atoms with E-state index in [9.17, 15) is 4.79 Å². The molecule has 0 bridgehead atoms. The minimum absolute atomic E-state index is 0.0756. The van der Waals surface area contributed by atoms with E-state index in [4.69, 9.17) is 0 Å². The van der Waals surface area contributed by atoms with Crippen LogP contribution in [0.4, 0.5) is 0 Å². The fraction of sp³-hybridized carbons (Fsp3) is 0.615. The maximum atomic E-state index is 11.8. The van der Waals surface area contributed by atoms with Gasteiger partial charge in [-0.3, -0.25) is 4.79 Å². The van der Waals surface area contributed by atoms with E-state index < -0.39 is 0 Å². The summed E-state index contributed by atoms with van der Waals surface area (Å²) in [7, 11) is 1.86. The third-order valence-electron chi connectivity index (χ3n) is 2.42. The van der Waals surface area contributed by atoms with Gasteiger partial charge in [-0.15, -0.1) is 0 Å². The first-order valence-corrected chi connectivity index (χ1v) is 6.83. The summed E-state index contributed by atoms with van der Waals surface area (Å²) in [6, 6.07) is 2.06. The van der Waals surface area contributed by atoms with E-state index >= 15 is 0 Å². The molecule has 0 aliphatic rings. The Balaban J connectivity index is 2.28. The lowest BCUT2D eigenvalue weighted by molar-refractivity contribution is -0.130. The monoisotopic (exact) mass is 254 g/mol. The second-order valence-corrected chi connectivity index (χ2v) is 6.09. The van der Waals surface area contributed by atoms with Gasteiger partial charge in [0.2, 0.25) is 5.91 Å². The summed E-state index contributed by atoms with van der Waals surface area (Å²) in [5.74, 6) is 0.188. The lowest BCUT2D eigenvalue weighted by Crippen LogP contribution is -2.38. The van der Waals surface area contributed by atoms with Gasteiger partial charge < -0.3 is 10.2 Å². The number of hydrogen-bond donors (Lipinski definition) is 1. The Morgan fingerprint density at radius 2 is 2.18 bits per heavy atom. The number of nitrogens with one attached hydrogen (secondary N) is 1. The molecule has 4 heteroatoms. The molecule has 1 heterocycles. The van der Waals surface area contributed by atoms with Crippen molar-refractivity contribution in [2.45, 2.75) is 39.3 Å². The zero-order valence-electron chi connectivity index (χ0n) is 11.1. The van der Waals surface area contributed by atoms with E-state index in [0.717, 1.165) is 6.54 Å². The molecule has 0 saturated carbocycles. The molecule has 0 radical (unpaired) electrons. The predicted octanol–water partition coefficient (Wildman–Crippen LogP) is 2.48. The third kappa shape index (κ3) is 5.84. The molecule has 0 aromatic carbocycles. The highest BCUT2D eigenvalue weighted by Crippen LogP contribution is 2.09. The van der Waals surface area contributed by atoms with Crippen LogP contribution in [0.15, 0.2) is 16.8 Å². The van der Waals surface area contributed by atoms with Crippen molar-refractivity contribution in [3.63, 3.8) is 0 Å². The average Bonchev–Trinajstić information content (AvgIpc) is 2.68. The summed E-state index contributed by atoms with van der Waals surface area (Å²) < 4.78 is 0. The van der Waals surface area contributed by atoms with Crippen LogP contribution in [0.5, 0.6) is 0 Å². The Morgan fingerprint density at radius 3 is 2.71 bits per heavy atom. The topological polar surface area (TPSA) is 32.3 Å². The van der Waals surface area contributed by atoms with Crippen LogP contribution in [0.3, 0.4) is 0 Å². The SMILES string of the molecule is CN(Cc1ccsc1)C(=O)CCNC(C)(C)C. The van der Waals surface area contributed by atoms with Crippen LogP contribution in [0.25, 0.3) is 0 Å². The number of carbonyl (C=O) groups excluding carboxylic acids is 1. The van der Waals surface area contributed by atoms with E-state index in [2.05, 4.69) is 37.5 Å². The molecule has 17 heavy (non-hydrogen) atoms. The van der Waals surface area contributed by atoms with Gasteiger partial charge in [-0.25, -0.2) is 0 Å². The molecule has 1 rings (SSSR count). The highest BCUT2D eigenvalue weighted by Gasteiger charge is 2.12. The van der Waals surface area contributed by atoms with Crippen LogP contribution < -0.4 is 5.32 Å². The van der Waals surface area contributed by atoms with Crippen LogP contribution >= 0.6 is 11.3 Å². The van der Waals surface area contributed by atoms with Crippen molar-refractivity contribution in [3.05, 3.63) is 22.4 Å². The Bertz CT molecular complexity index is 341. The molecule has 0 unspecified atom stereocenters. The lowest BCUT2D eigenvalue weighted by atomic mass is 10.1. The minimum atomic E-state index is 0.0756. The summed E-state index contributed by atoms with van der Waals surface area (Å²) in [4.78, 5) is 13.6. The van der Waals surface area contributed by atoms with Crippen LogP contribution in [0.1, 0.15) is 32.8 Å². The first-order chi connectivity index (χ1) is 7.88. The molecule has 0 spiro atoms. The van der Waals surface area contributed by atoms with Crippen molar-refractivity contribution in [1.29, 1.82) is 0 Å². The van der Waals surface area contributed by atoms with Crippen LogP contribution in [-0.4, -0.2) is 29.9 Å². The van der Waals surface area contributed by atoms with Gasteiger partial charge in [-0.2, -0.15) is 11.3 Å². The lowest BCUT2D eigenvalue weighted by Gasteiger charge is -2.22. The van der Waals surface area contributed by atoms with E-state index in [0.29, 0.717) is 13.0 Å². The Labute approximate surface area is 108 Å². The molecule has 1 amide bonds. The number of hydrogen-bond acceptors (Lipinski definition) is 3. The highest BCUT2D eigenvalue weighted by molar-refractivity contribution is 7.07. The number of amides is 1. The molecule has 1 N–H and O–H groups in total. The van der Waals surface area contributed by atoms with Crippen molar-refractivity contribution in [3.8, 4) is 0 Å². The molecule has 0 aliphatic heterocycles. The van der Waals surface area contributed by atoms with Crippen LogP contribution in [-0.2, 0) is 11.3 Å². The molecular formula is C13H22N2OS. The van der Waals surface area contributed by atoms with Gasteiger partial charge in [0.05, 0.1) is 0 Å². The van der Waals surface area contributed by atoms with Crippen LogP contribution in [0, 0.1) is 0 Å². The number of nitrogens with zero attached hydrogens (tertiary/aromatic N) is 1. The molecule has 0 atom stereocenters. The number of thiophene rings is 1. The van der Waals surface area contributed by atoms with Crippen molar-refractivity contribution >= 4 is 17.2 Å². The van der Waals surface area contributed by atoms with Crippen molar-refractivity contribution in [2.24, 2.45) is 0 Å². The molecule has 0 aliphatic carbocycles. The molecule has 1 aromatic heterocycles. The van der Waals surface area contributed by atoms with Crippen molar-refractivity contribution in [1.82, 2.24) is 10.2 Å². The summed E-state index contributed by atoms with van der Waals surface area (Å²) in [5, 5.41) is 7.44. The van der Waals surface area contributed by atoms with Gasteiger partial charge in [-0.1, -0.05) is 0 Å². The molecular weight excluding hydrogens is 232 g/mol. The molecule has 3 nitrogen and oxygen atoms in total. The summed E-state index contributed by atoms with van der Waals surface area (Å²) >= 11 is 1.66. The molecule has 0 fully saturated rings. The zero-order valence-corrected chi connectivity index (χ0v) is 11.9. The zero-order chi connectivity index (χ0) is 12.9. The van der Waals surface area contributed by atoms with Gasteiger partial charge in [0.15, 0.2) is 0 Å². The maximum absolute atomic E-state index is 11.8. The smallest absolute Gasteiger partial charge is 0.223 e. The Hall–Kier alpha value is -0.870. The maximum Gasteiger partial charge on any atom is 0.223 e. The standard InChI is InChI=1S/C13H22N2OS/c1-13(2,3)14-7-5-12(16)15(4)9-11-6-8-17-10-11/h6,8,10,14H,5,7,9H2,1-4H3. The van der Waals surface area contributed by atoms with Crippen molar-refractivity contribution < 1.29 is 4.79 Å². The number of rotatable bonds is 5. The van der Waals surface area contributed by atoms with E-state index in [1.807, 2.05) is 12.4 Å². The second-order valence-electron chi connectivity index (χ2n) is 5.31. The Kier molecular flexibility index (Phi) is 5.15. The minimum Gasteiger partial charge on any atom is -0.341 e. The van der Waals surface area contributed by atoms with Crippen LogP contribution in [0.2, 0.25) is 0 Å². The molecule has 96 valence electrons. The first kappa shape index (κ1) is 14.2. The van der Waals surface area contributed by atoms with Gasteiger partial charge in [0.1, 0.15) is 0 Å². The normalized spacial score (nSPS) is 11.5. The average molecular weight is 254 g/mol.